The number of pyridine rings is 1. The lowest BCUT2D eigenvalue weighted by Gasteiger charge is -2.38. The topological polar surface area (TPSA) is 101 Å². The third kappa shape index (κ3) is 5.44. The molecule has 3 heterocycles. The van der Waals surface area contributed by atoms with Crippen LogP contribution in [0.4, 0.5) is 17.6 Å². The molecule has 43 heavy (non-hydrogen) atoms. The van der Waals surface area contributed by atoms with Crippen molar-refractivity contribution >= 4 is 17.7 Å². The van der Waals surface area contributed by atoms with Gasteiger partial charge in [-0.3, -0.25) is 19.4 Å². The van der Waals surface area contributed by atoms with E-state index in [4.69, 9.17) is 11.2 Å². The summed E-state index contributed by atoms with van der Waals surface area (Å²) in [6.07, 6.45) is 4.34. The molecule has 2 saturated carbocycles. The number of halogens is 4. The van der Waals surface area contributed by atoms with Crippen LogP contribution in [0.3, 0.4) is 0 Å². The molecule has 5 rings (SSSR count). The summed E-state index contributed by atoms with van der Waals surface area (Å²) < 4.78 is 60.6. The second kappa shape index (κ2) is 10.7. The van der Waals surface area contributed by atoms with Gasteiger partial charge in [-0.1, -0.05) is 40.5 Å². The van der Waals surface area contributed by atoms with Gasteiger partial charge in [-0.2, -0.15) is 13.2 Å². The van der Waals surface area contributed by atoms with Gasteiger partial charge in [0.05, 0.1) is 12.8 Å². The SMILES string of the molecule is C#CC(NC(=O)C1C2C3CC(CC3F)C2CN1C(=O)C(NC(=O)C(F)(F)F)C(C)(C)C)c1cncc2c1C(C)(C)CCO2. The number of hydrogen-bond acceptors (Lipinski definition) is 5. The number of rotatable bonds is 5. The first-order chi connectivity index (χ1) is 20.0. The molecular weight excluding hydrogens is 568 g/mol. The van der Waals surface area contributed by atoms with Crippen LogP contribution in [-0.4, -0.2) is 65.2 Å². The monoisotopic (exact) mass is 606 g/mol. The predicted octanol–water partition coefficient (Wildman–Crippen LogP) is 3.85. The number of terminal acetylenes is 1. The van der Waals surface area contributed by atoms with Crippen LogP contribution < -0.4 is 15.4 Å². The van der Waals surface area contributed by atoms with Crippen molar-refractivity contribution in [1.82, 2.24) is 20.5 Å². The van der Waals surface area contributed by atoms with E-state index in [9.17, 15) is 27.6 Å². The molecule has 2 aliphatic heterocycles. The van der Waals surface area contributed by atoms with E-state index in [1.165, 1.54) is 25.7 Å². The third-order valence-electron chi connectivity index (χ3n) is 9.83. The number of carbonyl (C=O) groups is 3. The Kier molecular flexibility index (Phi) is 7.71. The number of carbonyl (C=O) groups excluding carboxylic acids is 3. The molecule has 1 saturated heterocycles. The summed E-state index contributed by atoms with van der Waals surface area (Å²) in [7, 11) is 0. The quantitative estimate of drug-likeness (QED) is 0.392. The fourth-order valence-corrected chi connectivity index (χ4v) is 7.78. The molecule has 2 N–H and O–H groups in total. The van der Waals surface area contributed by atoms with Crippen LogP contribution in [0.15, 0.2) is 12.4 Å². The van der Waals surface area contributed by atoms with Crippen LogP contribution in [0, 0.1) is 41.4 Å². The fraction of sp³-hybridized carbons (Fsp3) is 0.677. The second-order valence-electron chi connectivity index (χ2n) is 14.1. The zero-order valence-corrected chi connectivity index (χ0v) is 24.9. The number of alkyl halides is 4. The highest BCUT2D eigenvalue weighted by atomic mass is 19.4. The number of hydrogen-bond donors (Lipinski definition) is 2. The summed E-state index contributed by atoms with van der Waals surface area (Å²) in [5, 5.41) is 4.72. The first-order valence-corrected chi connectivity index (χ1v) is 14.7. The van der Waals surface area contributed by atoms with Crippen molar-refractivity contribution in [2.75, 3.05) is 13.2 Å². The minimum Gasteiger partial charge on any atom is -0.492 e. The lowest BCUT2D eigenvalue weighted by Crippen LogP contribution is -2.60. The van der Waals surface area contributed by atoms with E-state index in [1.807, 2.05) is 19.2 Å². The van der Waals surface area contributed by atoms with Crippen molar-refractivity contribution < 1.29 is 36.7 Å². The first kappa shape index (κ1) is 31.1. The molecule has 1 aromatic rings. The fourth-order valence-electron chi connectivity index (χ4n) is 7.78. The average Bonchev–Trinajstić information content (AvgIpc) is 3.58. The number of likely N-dealkylation sites (tertiary alicyclic amines) is 1. The Hall–Kier alpha value is -3.36. The predicted molar refractivity (Wildman–Crippen MR) is 148 cm³/mol. The van der Waals surface area contributed by atoms with Crippen LogP contribution >= 0.6 is 0 Å². The Balaban J connectivity index is 1.49. The Morgan fingerprint density at radius 2 is 1.84 bits per heavy atom. The van der Waals surface area contributed by atoms with Gasteiger partial charge in [0.25, 0.3) is 0 Å². The largest absolute Gasteiger partial charge is 0.492 e. The molecule has 0 spiro atoms. The Labute approximate surface area is 248 Å². The lowest BCUT2D eigenvalue weighted by atomic mass is 9.76. The van der Waals surface area contributed by atoms with E-state index in [0.29, 0.717) is 37.2 Å². The maximum Gasteiger partial charge on any atom is 0.471 e. The van der Waals surface area contributed by atoms with Crippen molar-refractivity contribution in [3.05, 3.63) is 23.5 Å². The van der Waals surface area contributed by atoms with E-state index < -0.39 is 65.4 Å². The number of aromatic nitrogens is 1. The molecule has 8 nitrogen and oxygen atoms in total. The van der Waals surface area contributed by atoms with Crippen molar-refractivity contribution in [2.45, 2.75) is 89.8 Å². The Bertz CT molecular complexity index is 1350. The molecule has 3 amide bonds. The third-order valence-corrected chi connectivity index (χ3v) is 9.83. The molecule has 0 aromatic carbocycles. The summed E-state index contributed by atoms with van der Waals surface area (Å²) in [5.74, 6) is -1.77. The summed E-state index contributed by atoms with van der Waals surface area (Å²) in [6.45, 7) is 9.23. The van der Waals surface area contributed by atoms with Gasteiger partial charge in [-0.25, -0.2) is 4.39 Å². The highest BCUT2D eigenvalue weighted by molar-refractivity contribution is 5.94. The first-order valence-electron chi connectivity index (χ1n) is 14.7. The molecule has 2 aliphatic carbocycles. The Morgan fingerprint density at radius 1 is 1.14 bits per heavy atom. The summed E-state index contributed by atoms with van der Waals surface area (Å²) in [6, 6.07) is -3.72. The van der Waals surface area contributed by atoms with Gasteiger partial charge < -0.3 is 20.3 Å². The molecule has 0 radical (unpaired) electrons. The van der Waals surface area contributed by atoms with Gasteiger partial charge in [-0.05, 0) is 53.8 Å². The molecule has 8 unspecified atom stereocenters. The van der Waals surface area contributed by atoms with Crippen LogP contribution in [-0.2, 0) is 19.8 Å². The van der Waals surface area contributed by atoms with Gasteiger partial charge in [0.1, 0.15) is 30.0 Å². The van der Waals surface area contributed by atoms with Crippen molar-refractivity contribution in [1.29, 1.82) is 0 Å². The standard InChI is InChI=1S/C31H38F4N4O4/c1-7-20(17-12-36-13-21-23(17)30(5,6)8-9-43-21)37-26(40)24-22-16-10-15(11-19(16)32)18(22)14-39(24)27(41)25(29(2,3)4)38-28(42)31(33,34)35/h1,12-13,15-16,18-20,22,24-25H,8-11,14H2,2-6H3,(H,37,40)(H,38,42). The van der Waals surface area contributed by atoms with Gasteiger partial charge in [0, 0.05) is 23.9 Å². The van der Waals surface area contributed by atoms with Gasteiger partial charge in [-0.15, -0.1) is 6.42 Å². The maximum atomic E-state index is 15.1. The molecule has 12 heteroatoms. The van der Waals surface area contributed by atoms with E-state index in [-0.39, 0.29) is 23.8 Å². The van der Waals surface area contributed by atoms with Gasteiger partial charge in [0.15, 0.2) is 0 Å². The molecule has 8 atom stereocenters. The number of nitrogens with zero attached hydrogens (tertiary/aromatic N) is 2. The molecule has 234 valence electrons. The number of ether oxygens (including phenoxy) is 1. The minimum atomic E-state index is -5.21. The summed E-state index contributed by atoms with van der Waals surface area (Å²) in [4.78, 5) is 45.6. The Morgan fingerprint density at radius 3 is 2.47 bits per heavy atom. The van der Waals surface area contributed by atoms with Crippen molar-refractivity contribution in [3.63, 3.8) is 0 Å². The lowest BCUT2D eigenvalue weighted by molar-refractivity contribution is -0.176. The van der Waals surface area contributed by atoms with E-state index in [1.54, 1.807) is 12.4 Å². The van der Waals surface area contributed by atoms with Gasteiger partial charge in [0.2, 0.25) is 11.8 Å². The second-order valence-corrected chi connectivity index (χ2v) is 14.1. The number of nitrogens with one attached hydrogen (secondary N) is 2. The van der Waals surface area contributed by atoms with Crippen LogP contribution in [0.5, 0.6) is 5.75 Å². The van der Waals surface area contributed by atoms with Crippen LogP contribution in [0.1, 0.15) is 71.0 Å². The van der Waals surface area contributed by atoms with Crippen LogP contribution in [0.25, 0.3) is 0 Å². The summed E-state index contributed by atoms with van der Waals surface area (Å²) >= 11 is 0. The molecular formula is C31H38F4N4O4. The van der Waals surface area contributed by atoms with E-state index in [2.05, 4.69) is 16.2 Å². The van der Waals surface area contributed by atoms with Crippen molar-refractivity contribution in [3.8, 4) is 18.1 Å². The van der Waals surface area contributed by atoms with Crippen LogP contribution in [0.2, 0.25) is 0 Å². The molecule has 1 aromatic heterocycles. The smallest absolute Gasteiger partial charge is 0.471 e. The number of fused-ring (bicyclic) bond motifs is 6. The maximum absolute atomic E-state index is 15.1. The molecule has 2 bridgehead atoms. The van der Waals surface area contributed by atoms with Crippen molar-refractivity contribution in [2.24, 2.45) is 29.1 Å². The minimum absolute atomic E-state index is 0.0531. The van der Waals surface area contributed by atoms with E-state index in [0.717, 1.165) is 5.56 Å². The highest BCUT2D eigenvalue weighted by Gasteiger charge is 2.63. The normalized spacial score (nSPS) is 30.4. The average molecular weight is 607 g/mol. The van der Waals surface area contributed by atoms with Gasteiger partial charge >= 0.3 is 12.1 Å². The zero-order chi connectivity index (χ0) is 31.6. The summed E-state index contributed by atoms with van der Waals surface area (Å²) in [5.41, 5.74) is -0.0955. The molecule has 3 fully saturated rings. The highest BCUT2D eigenvalue weighted by Crippen LogP contribution is 2.58. The zero-order valence-electron chi connectivity index (χ0n) is 24.9. The molecule has 4 aliphatic rings. The number of amides is 3. The van der Waals surface area contributed by atoms with E-state index >= 15 is 4.39 Å².